The van der Waals surface area contributed by atoms with Crippen molar-refractivity contribution in [1.29, 1.82) is 0 Å². The molecule has 0 saturated carbocycles. The highest BCUT2D eigenvalue weighted by molar-refractivity contribution is 5.77. The van der Waals surface area contributed by atoms with E-state index in [4.69, 9.17) is 18.7 Å². The first-order chi connectivity index (χ1) is 16.6. The van der Waals surface area contributed by atoms with Crippen LogP contribution in [0, 0.1) is 6.92 Å². The van der Waals surface area contributed by atoms with Gasteiger partial charge < -0.3 is 24.1 Å². The summed E-state index contributed by atoms with van der Waals surface area (Å²) in [7, 11) is 3.13. The van der Waals surface area contributed by atoms with Crippen LogP contribution in [-0.2, 0) is 11.3 Å². The number of methoxy groups -OCH3 is 2. The summed E-state index contributed by atoms with van der Waals surface area (Å²) in [5, 5.41) is 6.88. The first kappa shape index (κ1) is 22.8. The number of nitrogens with one attached hydrogen (secondary N) is 1. The van der Waals surface area contributed by atoms with Gasteiger partial charge >= 0.3 is 0 Å². The Balaban J connectivity index is 1.31. The molecule has 4 aromatic rings. The number of nitrogens with zero attached hydrogens (tertiary/aromatic N) is 2. The second-order valence-corrected chi connectivity index (χ2v) is 7.53. The molecule has 174 valence electrons. The summed E-state index contributed by atoms with van der Waals surface area (Å²) in [4.78, 5) is 16.7. The molecule has 4 rings (SSSR count). The predicted octanol–water partition coefficient (Wildman–Crippen LogP) is 4.42. The summed E-state index contributed by atoms with van der Waals surface area (Å²) in [6, 6.07) is 20.5. The van der Waals surface area contributed by atoms with Gasteiger partial charge in [-0.25, -0.2) is 0 Å². The fourth-order valence-electron chi connectivity index (χ4n) is 3.34. The largest absolute Gasteiger partial charge is 0.493 e. The molecule has 0 spiro atoms. The van der Waals surface area contributed by atoms with Gasteiger partial charge in [0.2, 0.25) is 5.82 Å². The van der Waals surface area contributed by atoms with Crippen molar-refractivity contribution in [3.8, 4) is 40.1 Å². The second-order valence-electron chi connectivity index (χ2n) is 7.53. The molecule has 3 aromatic carbocycles. The van der Waals surface area contributed by atoms with Crippen LogP contribution in [0.15, 0.2) is 71.3 Å². The molecule has 0 aliphatic carbocycles. The summed E-state index contributed by atoms with van der Waals surface area (Å²) in [5.41, 5.74) is 3.62. The number of benzene rings is 3. The Morgan fingerprint density at radius 2 is 1.68 bits per heavy atom. The van der Waals surface area contributed by atoms with Gasteiger partial charge in [0.1, 0.15) is 5.75 Å². The molecule has 0 fully saturated rings. The number of carbonyl (C=O) groups excluding carboxylic acids is 1. The normalized spacial score (nSPS) is 10.6. The summed E-state index contributed by atoms with van der Waals surface area (Å²) >= 11 is 0. The topological polar surface area (TPSA) is 95.7 Å². The molecule has 1 aromatic heterocycles. The number of aryl methyl sites for hydroxylation is 1. The Hall–Kier alpha value is -4.33. The highest BCUT2D eigenvalue weighted by Crippen LogP contribution is 2.30. The number of hydrogen-bond donors (Lipinski definition) is 1. The van der Waals surface area contributed by atoms with E-state index in [2.05, 4.69) is 15.5 Å². The molecule has 0 saturated heterocycles. The molecule has 8 nitrogen and oxygen atoms in total. The SMILES string of the molecule is COc1cccc(CNC(=O)COc2ccc(-c3nc(-c4ccc(C)cc4)no3)cc2)c1OC. The van der Waals surface area contributed by atoms with Gasteiger partial charge in [-0.1, -0.05) is 47.1 Å². The van der Waals surface area contributed by atoms with Gasteiger partial charge in [0.05, 0.1) is 14.2 Å². The van der Waals surface area contributed by atoms with Crippen molar-refractivity contribution in [2.24, 2.45) is 0 Å². The van der Waals surface area contributed by atoms with Gasteiger partial charge in [-0.15, -0.1) is 0 Å². The zero-order valence-corrected chi connectivity index (χ0v) is 19.2. The Morgan fingerprint density at radius 1 is 0.941 bits per heavy atom. The van der Waals surface area contributed by atoms with E-state index in [-0.39, 0.29) is 12.5 Å². The summed E-state index contributed by atoms with van der Waals surface area (Å²) in [6.07, 6.45) is 0. The minimum atomic E-state index is -0.256. The van der Waals surface area contributed by atoms with Crippen LogP contribution in [-0.4, -0.2) is 36.9 Å². The van der Waals surface area contributed by atoms with Gasteiger partial charge in [-0.3, -0.25) is 4.79 Å². The Morgan fingerprint density at radius 3 is 2.38 bits per heavy atom. The highest BCUT2D eigenvalue weighted by Gasteiger charge is 2.12. The molecule has 1 heterocycles. The predicted molar refractivity (Wildman–Crippen MR) is 127 cm³/mol. The smallest absolute Gasteiger partial charge is 0.258 e. The number of ether oxygens (including phenoxy) is 3. The van der Waals surface area contributed by atoms with Crippen LogP contribution in [0.3, 0.4) is 0 Å². The minimum Gasteiger partial charge on any atom is -0.493 e. The van der Waals surface area contributed by atoms with Crippen LogP contribution in [0.2, 0.25) is 0 Å². The van der Waals surface area contributed by atoms with Crippen molar-refractivity contribution in [3.63, 3.8) is 0 Å². The van der Waals surface area contributed by atoms with E-state index in [1.807, 2.05) is 43.3 Å². The summed E-state index contributed by atoms with van der Waals surface area (Å²) < 4.78 is 21.7. The number of para-hydroxylation sites is 1. The lowest BCUT2D eigenvalue weighted by atomic mass is 10.1. The van der Waals surface area contributed by atoms with Crippen LogP contribution >= 0.6 is 0 Å². The molecule has 34 heavy (non-hydrogen) atoms. The lowest BCUT2D eigenvalue weighted by Crippen LogP contribution is -2.28. The van der Waals surface area contributed by atoms with Crippen LogP contribution in [0.1, 0.15) is 11.1 Å². The first-order valence-corrected chi connectivity index (χ1v) is 10.7. The van der Waals surface area contributed by atoms with Gasteiger partial charge in [-0.05, 0) is 37.3 Å². The molecule has 1 amide bonds. The van der Waals surface area contributed by atoms with Gasteiger partial charge in [0, 0.05) is 23.2 Å². The quantitative estimate of drug-likeness (QED) is 0.396. The molecule has 0 unspecified atom stereocenters. The van der Waals surface area contributed by atoms with Crippen molar-refractivity contribution in [1.82, 2.24) is 15.5 Å². The summed E-state index contributed by atoms with van der Waals surface area (Å²) in [6.45, 7) is 2.20. The summed E-state index contributed by atoms with van der Waals surface area (Å²) in [5.74, 6) is 2.43. The second kappa shape index (κ2) is 10.5. The Bertz CT molecular complexity index is 1250. The third kappa shape index (κ3) is 5.35. The fourth-order valence-corrected chi connectivity index (χ4v) is 3.34. The first-order valence-electron chi connectivity index (χ1n) is 10.7. The van der Waals surface area contributed by atoms with Crippen LogP contribution in [0.25, 0.3) is 22.8 Å². The number of aromatic nitrogens is 2. The lowest BCUT2D eigenvalue weighted by molar-refractivity contribution is -0.123. The Kier molecular flexibility index (Phi) is 7.07. The van der Waals surface area contributed by atoms with Crippen LogP contribution in [0.4, 0.5) is 0 Å². The number of carbonyl (C=O) groups is 1. The maximum atomic E-state index is 12.2. The Labute approximate surface area is 197 Å². The van der Waals surface area contributed by atoms with Crippen molar-refractivity contribution >= 4 is 5.91 Å². The molecule has 0 aliphatic heterocycles. The minimum absolute atomic E-state index is 0.121. The number of amides is 1. The van der Waals surface area contributed by atoms with Crippen molar-refractivity contribution in [3.05, 3.63) is 77.9 Å². The molecule has 0 atom stereocenters. The van der Waals surface area contributed by atoms with Crippen molar-refractivity contribution in [2.45, 2.75) is 13.5 Å². The average Bonchev–Trinajstić information content (AvgIpc) is 3.37. The third-order valence-corrected chi connectivity index (χ3v) is 5.17. The van der Waals surface area contributed by atoms with Crippen LogP contribution in [0.5, 0.6) is 17.2 Å². The van der Waals surface area contributed by atoms with E-state index < -0.39 is 0 Å². The maximum Gasteiger partial charge on any atom is 0.258 e. The van der Waals surface area contributed by atoms with Crippen LogP contribution < -0.4 is 19.5 Å². The standard InChI is InChI=1S/C26H25N3O5/c1-17-7-9-18(10-8-17)25-28-26(34-29-25)19-11-13-21(14-12-19)33-16-23(30)27-15-20-5-4-6-22(31-2)24(20)32-3/h4-14H,15-16H2,1-3H3,(H,27,30). The van der Waals surface area contributed by atoms with E-state index >= 15 is 0 Å². The fraction of sp³-hybridized carbons (Fsp3) is 0.192. The average molecular weight is 460 g/mol. The molecule has 8 heteroatoms. The molecule has 1 N–H and O–H groups in total. The molecule has 0 aliphatic rings. The molecule has 0 radical (unpaired) electrons. The molecule has 0 bridgehead atoms. The van der Waals surface area contributed by atoms with Crippen molar-refractivity contribution in [2.75, 3.05) is 20.8 Å². The molecular weight excluding hydrogens is 434 g/mol. The van der Waals surface area contributed by atoms with E-state index in [1.54, 1.807) is 44.6 Å². The van der Waals surface area contributed by atoms with E-state index in [0.29, 0.717) is 35.5 Å². The zero-order chi connectivity index (χ0) is 23.9. The number of rotatable bonds is 9. The third-order valence-electron chi connectivity index (χ3n) is 5.17. The number of hydrogen-bond acceptors (Lipinski definition) is 7. The van der Waals surface area contributed by atoms with Crippen molar-refractivity contribution < 1.29 is 23.5 Å². The maximum absolute atomic E-state index is 12.2. The molecular formula is C26H25N3O5. The monoisotopic (exact) mass is 459 g/mol. The van der Waals surface area contributed by atoms with Gasteiger partial charge in [0.15, 0.2) is 18.1 Å². The van der Waals surface area contributed by atoms with E-state index in [1.165, 1.54) is 0 Å². The van der Waals surface area contributed by atoms with Gasteiger partial charge in [0.25, 0.3) is 11.8 Å². The lowest BCUT2D eigenvalue weighted by Gasteiger charge is -2.13. The van der Waals surface area contributed by atoms with Gasteiger partial charge in [-0.2, -0.15) is 4.98 Å². The highest BCUT2D eigenvalue weighted by atomic mass is 16.5. The van der Waals surface area contributed by atoms with E-state index in [0.717, 1.165) is 22.3 Å². The van der Waals surface area contributed by atoms with E-state index in [9.17, 15) is 4.79 Å². The zero-order valence-electron chi connectivity index (χ0n) is 19.2.